The molecule has 46 heavy (non-hydrogen) atoms. The highest BCUT2D eigenvalue weighted by Gasteiger charge is 2.46. The van der Waals surface area contributed by atoms with Crippen molar-refractivity contribution in [2.45, 2.75) is 62.7 Å². The second-order valence-corrected chi connectivity index (χ2v) is 14.2. The molecule has 1 fully saturated rings. The first kappa shape index (κ1) is 31.9. The zero-order valence-electron chi connectivity index (χ0n) is 25.3. The van der Waals surface area contributed by atoms with Gasteiger partial charge in [-0.1, -0.05) is 18.2 Å². The molecule has 4 aromatic rings. The number of carboxylic acid groups (broad SMARTS) is 1. The predicted octanol–water partition coefficient (Wildman–Crippen LogP) is 4.83. The predicted molar refractivity (Wildman–Crippen MR) is 158 cm³/mol. The Labute approximate surface area is 263 Å². The average Bonchev–Trinajstić information content (AvgIpc) is 3.40. The molecule has 2 aliphatic rings. The third-order valence-corrected chi connectivity index (χ3v) is 10.7. The van der Waals surface area contributed by atoms with Gasteiger partial charge in [0.25, 0.3) is 0 Å². The van der Waals surface area contributed by atoms with Crippen molar-refractivity contribution in [2.24, 2.45) is 5.41 Å². The molecule has 244 valence electrons. The Balaban J connectivity index is 1.43. The van der Waals surface area contributed by atoms with Crippen LogP contribution in [0.15, 0.2) is 59.8 Å². The van der Waals surface area contributed by atoms with Crippen molar-refractivity contribution in [1.29, 1.82) is 0 Å². The summed E-state index contributed by atoms with van der Waals surface area (Å²) in [5.74, 6) is -3.13. The van der Waals surface area contributed by atoms with Crippen LogP contribution in [0.1, 0.15) is 60.7 Å². The van der Waals surface area contributed by atoms with E-state index in [1.165, 1.54) is 54.8 Å². The first-order valence-corrected chi connectivity index (χ1v) is 16.0. The fourth-order valence-corrected chi connectivity index (χ4v) is 7.79. The van der Waals surface area contributed by atoms with Crippen molar-refractivity contribution in [1.82, 2.24) is 23.9 Å². The maximum absolute atomic E-state index is 14.1. The number of aromatic nitrogens is 4. The lowest BCUT2D eigenvalue weighted by molar-refractivity contribution is -0.147. The van der Waals surface area contributed by atoms with Gasteiger partial charge in [-0.05, 0) is 67.3 Å². The fourth-order valence-electron chi connectivity index (χ4n) is 6.24. The van der Waals surface area contributed by atoms with Gasteiger partial charge in [0.1, 0.15) is 10.5 Å². The van der Waals surface area contributed by atoms with Crippen LogP contribution in [-0.2, 0) is 32.3 Å². The summed E-state index contributed by atoms with van der Waals surface area (Å²) in [5.41, 5.74) is -0.0273. The monoisotopic (exact) mass is 659 g/mol. The number of hydrogen-bond acceptors (Lipinski definition) is 8. The number of hydrogen-bond donors (Lipinski definition) is 1. The summed E-state index contributed by atoms with van der Waals surface area (Å²) < 4.78 is 82.5. The van der Waals surface area contributed by atoms with Crippen LogP contribution in [0.2, 0.25) is 0 Å². The molecule has 0 bridgehead atoms. The molecule has 1 aromatic carbocycles. The first-order valence-electron chi connectivity index (χ1n) is 14.6. The Morgan fingerprint density at radius 3 is 2.50 bits per heavy atom. The molecule has 0 radical (unpaired) electrons. The van der Waals surface area contributed by atoms with Gasteiger partial charge in [0, 0.05) is 37.7 Å². The number of nitrogens with zero attached hydrogens (tertiary/aromatic N) is 5. The van der Waals surface area contributed by atoms with Crippen molar-refractivity contribution in [3.8, 4) is 5.88 Å². The highest BCUT2D eigenvalue weighted by molar-refractivity contribution is 7.89. The van der Waals surface area contributed by atoms with Gasteiger partial charge in [0.15, 0.2) is 5.65 Å². The molecular formula is C31H32F3N5O6S. The highest BCUT2D eigenvalue weighted by atomic mass is 32.2. The Bertz CT molecular complexity index is 1920. The van der Waals surface area contributed by atoms with Gasteiger partial charge in [-0.3, -0.25) is 9.20 Å². The summed E-state index contributed by atoms with van der Waals surface area (Å²) in [7, 11) is -4.07. The molecule has 6 rings (SSSR count). The Hall–Kier alpha value is -4.08. The van der Waals surface area contributed by atoms with Gasteiger partial charge >= 0.3 is 12.1 Å². The number of pyridine rings is 2. The maximum Gasteiger partial charge on any atom is 0.452 e. The Morgan fingerprint density at radius 1 is 1.09 bits per heavy atom. The summed E-state index contributed by atoms with van der Waals surface area (Å²) in [6.07, 6.45) is -1.15. The van der Waals surface area contributed by atoms with E-state index in [0.717, 1.165) is 9.96 Å². The molecule has 15 heteroatoms. The first-order chi connectivity index (χ1) is 21.6. The molecule has 1 spiro atoms. The molecule has 1 unspecified atom stereocenters. The van der Waals surface area contributed by atoms with E-state index in [-0.39, 0.29) is 29.5 Å². The molecule has 0 saturated carbocycles. The summed E-state index contributed by atoms with van der Waals surface area (Å²) in [6.45, 7) is 5.70. The Morgan fingerprint density at radius 2 is 1.80 bits per heavy atom. The number of sulfonamides is 1. The molecule has 2 aliphatic heterocycles. The molecule has 0 amide bonds. The lowest BCUT2D eigenvalue weighted by atomic mass is 9.71. The van der Waals surface area contributed by atoms with Crippen LogP contribution in [0.5, 0.6) is 5.88 Å². The molecule has 1 atom stereocenters. The summed E-state index contributed by atoms with van der Waals surface area (Å²) in [6, 6.07) is 11.1. The van der Waals surface area contributed by atoms with Gasteiger partial charge in [-0.2, -0.15) is 17.5 Å². The van der Waals surface area contributed by atoms with Crippen LogP contribution >= 0.6 is 0 Å². The van der Waals surface area contributed by atoms with Gasteiger partial charge in [-0.25, -0.2) is 13.4 Å². The number of ether oxygens (including phenoxy) is 2. The second kappa shape index (κ2) is 11.3. The van der Waals surface area contributed by atoms with E-state index in [1.807, 2.05) is 6.92 Å². The smallest absolute Gasteiger partial charge is 0.452 e. The summed E-state index contributed by atoms with van der Waals surface area (Å²) in [5, 5.41) is 17.3. The van der Waals surface area contributed by atoms with Gasteiger partial charge in [0.2, 0.25) is 21.7 Å². The van der Waals surface area contributed by atoms with E-state index in [9.17, 15) is 31.5 Å². The van der Waals surface area contributed by atoms with Crippen molar-refractivity contribution in [3.05, 3.63) is 82.9 Å². The zero-order chi connectivity index (χ0) is 33.1. The molecule has 5 heterocycles. The van der Waals surface area contributed by atoms with E-state index < -0.39 is 44.9 Å². The third kappa shape index (κ3) is 5.60. The van der Waals surface area contributed by atoms with Gasteiger partial charge < -0.3 is 14.6 Å². The number of carbonyl (C=O) groups is 1. The largest absolute Gasteiger partial charge is 0.481 e. The van der Waals surface area contributed by atoms with E-state index in [0.29, 0.717) is 42.7 Å². The number of aryl methyl sites for hydroxylation is 1. The van der Waals surface area contributed by atoms with Crippen molar-refractivity contribution in [2.75, 3.05) is 19.8 Å². The number of aliphatic carboxylic acids is 1. The van der Waals surface area contributed by atoms with E-state index in [2.05, 4.69) is 15.2 Å². The molecule has 1 N–H and O–H groups in total. The molecule has 0 aliphatic carbocycles. The molecule has 3 aromatic heterocycles. The normalized spacial score (nSPS) is 18.9. The topological polar surface area (TPSA) is 136 Å². The SMILES string of the molecule is Cc1ccc(C(c2ccn3c(C(F)(F)F)nnc3c2)C(C)(C)C(=O)O)cc1CN1CC2(CCOCC2)Oc2ncccc2S1(=O)=O. The van der Waals surface area contributed by atoms with Crippen molar-refractivity contribution < 1.29 is 41.0 Å². The minimum Gasteiger partial charge on any atom is -0.481 e. The highest BCUT2D eigenvalue weighted by Crippen LogP contribution is 2.43. The van der Waals surface area contributed by atoms with Gasteiger partial charge in [-0.15, -0.1) is 10.2 Å². The number of benzene rings is 1. The number of halogens is 3. The lowest BCUT2D eigenvalue weighted by Gasteiger charge is -2.38. The second-order valence-electron chi connectivity index (χ2n) is 12.3. The molecule has 1 saturated heterocycles. The van der Waals surface area contributed by atoms with Crippen LogP contribution in [0.4, 0.5) is 13.2 Å². The van der Waals surface area contributed by atoms with E-state index >= 15 is 0 Å². The van der Waals surface area contributed by atoms with Crippen LogP contribution in [0.25, 0.3) is 5.65 Å². The third-order valence-electron chi connectivity index (χ3n) is 8.88. The fraction of sp³-hybridized carbons (Fsp3) is 0.419. The summed E-state index contributed by atoms with van der Waals surface area (Å²) >= 11 is 0. The quantitative estimate of drug-likeness (QED) is 0.309. The standard InChI is InChI=1S/C31H32F3N5O6S/c1-19-6-7-20(25(29(2,3)28(40)41)21-8-12-39-24(16-21)36-37-27(39)31(32,33)34)15-22(19)17-38-18-30(9-13-44-14-10-30)45-26-23(46(38,42)43)5-4-11-35-26/h4-8,11-12,15-16,25H,9-10,13-14,17-18H2,1-3H3,(H,40,41). The van der Waals surface area contributed by atoms with Crippen molar-refractivity contribution in [3.63, 3.8) is 0 Å². The minimum absolute atomic E-state index is 0.0400. The Kier molecular flexibility index (Phi) is 7.84. The zero-order valence-corrected chi connectivity index (χ0v) is 26.1. The van der Waals surface area contributed by atoms with E-state index in [4.69, 9.17) is 9.47 Å². The number of fused-ring (bicyclic) bond motifs is 2. The number of alkyl halides is 3. The van der Waals surface area contributed by atoms with E-state index in [1.54, 1.807) is 18.2 Å². The average molecular weight is 660 g/mol. The number of carboxylic acids is 1. The van der Waals surface area contributed by atoms with Crippen LogP contribution in [0.3, 0.4) is 0 Å². The van der Waals surface area contributed by atoms with Crippen LogP contribution < -0.4 is 4.74 Å². The van der Waals surface area contributed by atoms with Crippen LogP contribution in [0, 0.1) is 12.3 Å². The van der Waals surface area contributed by atoms with Crippen LogP contribution in [-0.4, -0.2) is 68.7 Å². The maximum atomic E-state index is 14.1. The van der Waals surface area contributed by atoms with Crippen molar-refractivity contribution >= 4 is 21.6 Å². The summed E-state index contributed by atoms with van der Waals surface area (Å²) in [4.78, 5) is 16.8. The lowest BCUT2D eigenvalue weighted by Crippen LogP contribution is -2.50. The van der Waals surface area contributed by atoms with Gasteiger partial charge in [0.05, 0.1) is 25.2 Å². The minimum atomic E-state index is -4.73. The molecule has 11 nitrogen and oxygen atoms in total. The molecular weight excluding hydrogens is 627 g/mol. The number of rotatable bonds is 6.